The van der Waals surface area contributed by atoms with Crippen LogP contribution in [0.4, 0.5) is 11.5 Å². The average Bonchev–Trinajstić information content (AvgIpc) is 3.13. The van der Waals surface area contributed by atoms with Crippen LogP contribution < -0.4 is 10.5 Å². The summed E-state index contributed by atoms with van der Waals surface area (Å²) >= 11 is 0. The summed E-state index contributed by atoms with van der Waals surface area (Å²) in [7, 11) is -3.94. The van der Waals surface area contributed by atoms with Gasteiger partial charge in [0, 0.05) is 11.3 Å². The average molecular weight is 438 g/mol. The zero-order valence-electron chi connectivity index (χ0n) is 17.3. The second-order valence-corrected chi connectivity index (χ2v) is 8.81. The van der Waals surface area contributed by atoms with Crippen molar-refractivity contribution >= 4 is 27.4 Å². The number of aryl methyl sites for hydroxylation is 2. The molecule has 0 atom stereocenters. The van der Waals surface area contributed by atoms with Gasteiger partial charge in [0.25, 0.3) is 15.9 Å². The molecule has 9 heteroatoms. The maximum Gasteiger partial charge on any atom is 0.280 e. The van der Waals surface area contributed by atoms with Crippen molar-refractivity contribution in [1.29, 1.82) is 5.26 Å². The number of carbonyl (C=O) groups excluding carboxylic acids is 1. The number of unbranched alkanes of at least 4 members (excludes halogenated alkanes) is 1. The molecule has 1 aromatic heterocycles. The number of sulfonamides is 1. The van der Waals surface area contributed by atoms with Gasteiger partial charge in [-0.25, -0.2) is 8.42 Å². The number of nitrogens with one attached hydrogen (secondary N) is 1. The highest BCUT2D eigenvalue weighted by Gasteiger charge is 2.22. The molecule has 1 heterocycles. The minimum atomic E-state index is -3.94. The largest absolute Gasteiger partial charge is 0.382 e. The summed E-state index contributed by atoms with van der Waals surface area (Å²) in [5.41, 5.74) is 7.99. The van der Waals surface area contributed by atoms with Crippen molar-refractivity contribution < 1.29 is 13.2 Å². The molecule has 0 fully saturated rings. The Bertz CT molecular complexity index is 1260. The molecular weight excluding hydrogens is 414 g/mol. The Morgan fingerprint density at radius 2 is 1.94 bits per heavy atom. The lowest BCUT2D eigenvalue weighted by Crippen LogP contribution is -2.19. The maximum atomic E-state index is 13.0. The van der Waals surface area contributed by atoms with Gasteiger partial charge in [-0.3, -0.25) is 9.52 Å². The summed E-state index contributed by atoms with van der Waals surface area (Å²) < 4.78 is 29.4. The summed E-state index contributed by atoms with van der Waals surface area (Å²) in [4.78, 5) is 12.7. The molecule has 0 saturated heterocycles. The third kappa shape index (κ3) is 4.75. The van der Waals surface area contributed by atoms with E-state index in [1.165, 1.54) is 18.3 Å². The summed E-state index contributed by atoms with van der Waals surface area (Å²) in [6.07, 6.45) is 4.29. The van der Waals surface area contributed by atoms with E-state index in [1.807, 2.05) is 18.2 Å². The Morgan fingerprint density at radius 3 is 2.55 bits per heavy atom. The summed E-state index contributed by atoms with van der Waals surface area (Å²) in [6, 6.07) is 13.4. The van der Waals surface area contributed by atoms with E-state index in [0.29, 0.717) is 11.3 Å². The van der Waals surface area contributed by atoms with Crippen molar-refractivity contribution in [2.45, 2.75) is 38.0 Å². The van der Waals surface area contributed by atoms with Crippen molar-refractivity contribution in [2.75, 3.05) is 10.5 Å². The molecule has 8 nitrogen and oxygen atoms in total. The summed E-state index contributed by atoms with van der Waals surface area (Å²) in [5, 5.41) is 12.8. The van der Waals surface area contributed by atoms with Gasteiger partial charge in [0.1, 0.15) is 17.5 Å². The van der Waals surface area contributed by atoms with Gasteiger partial charge in [-0.2, -0.15) is 15.0 Å². The predicted molar refractivity (Wildman–Crippen MR) is 118 cm³/mol. The van der Waals surface area contributed by atoms with Crippen LogP contribution in [0, 0.1) is 18.3 Å². The standard InChI is InChI=1S/C22H23N5O3S/c1-3-4-5-16-7-10-19(11-8-16)26-31(29,30)20-12-17(9-6-15(20)2)22(28)27-21(24)18(13-23)14-25-27/h6-12,14,26H,3-5,24H2,1-2H3. The number of nitrogen functional groups attached to an aromatic ring is 1. The minimum absolute atomic E-state index is 0.0281. The Balaban J connectivity index is 1.88. The third-order valence-electron chi connectivity index (χ3n) is 4.87. The van der Waals surface area contributed by atoms with Crippen molar-refractivity contribution in [1.82, 2.24) is 9.78 Å². The van der Waals surface area contributed by atoms with Crippen LogP contribution in [-0.2, 0) is 16.4 Å². The summed E-state index contributed by atoms with van der Waals surface area (Å²) in [5.74, 6) is -0.727. The zero-order chi connectivity index (χ0) is 22.6. The fourth-order valence-electron chi connectivity index (χ4n) is 3.08. The van der Waals surface area contributed by atoms with Crippen molar-refractivity contribution in [2.24, 2.45) is 0 Å². The molecule has 0 aliphatic carbocycles. The van der Waals surface area contributed by atoms with E-state index in [4.69, 9.17) is 11.0 Å². The highest BCUT2D eigenvalue weighted by Crippen LogP contribution is 2.23. The number of rotatable bonds is 7. The molecule has 0 spiro atoms. The monoisotopic (exact) mass is 437 g/mol. The molecule has 31 heavy (non-hydrogen) atoms. The van der Waals surface area contributed by atoms with E-state index >= 15 is 0 Å². The molecule has 160 valence electrons. The van der Waals surface area contributed by atoms with Crippen LogP contribution in [0.3, 0.4) is 0 Å². The van der Waals surface area contributed by atoms with Crippen LogP contribution in [0.25, 0.3) is 0 Å². The Hall–Kier alpha value is -3.64. The number of aromatic nitrogens is 2. The van der Waals surface area contributed by atoms with Gasteiger partial charge in [-0.1, -0.05) is 31.5 Å². The van der Waals surface area contributed by atoms with E-state index < -0.39 is 15.9 Å². The molecule has 0 radical (unpaired) electrons. The molecule has 0 saturated carbocycles. The third-order valence-corrected chi connectivity index (χ3v) is 6.39. The van der Waals surface area contributed by atoms with Crippen LogP contribution in [-0.4, -0.2) is 24.1 Å². The first-order chi connectivity index (χ1) is 14.8. The van der Waals surface area contributed by atoms with Gasteiger partial charge in [0.2, 0.25) is 0 Å². The first kappa shape index (κ1) is 22.1. The van der Waals surface area contributed by atoms with Crippen LogP contribution in [0.5, 0.6) is 0 Å². The van der Waals surface area contributed by atoms with Gasteiger partial charge >= 0.3 is 0 Å². The van der Waals surface area contributed by atoms with Gasteiger partial charge < -0.3 is 5.73 Å². The normalized spacial score (nSPS) is 11.1. The van der Waals surface area contributed by atoms with Crippen LogP contribution in [0.1, 0.15) is 46.8 Å². The van der Waals surface area contributed by atoms with Crippen LogP contribution in [0.15, 0.2) is 53.6 Å². The highest BCUT2D eigenvalue weighted by atomic mass is 32.2. The summed E-state index contributed by atoms with van der Waals surface area (Å²) in [6.45, 7) is 3.76. The SMILES string of the molecule is CCCCc1ccc(NS(=O)(=O)c2cc(C(=O)n3ncc(C#N)c3N)ccc2C)cc1. The smallest absolute Gasteiger partial charge is 0.280 e. The Kier molecular flexibility index (Phi) is 6.42. The molecule has 3 N–H and O–H groups in total. The fourth-order valence-corrected chi connectivity index (χ4v) is 4.41. The number of hydrogen-bond acceptors (Lipinski definition) is 6. The van der Waals surface area contributed by atoms with Gasteiger partial charge in [-0.05, 0) is 55.2 Å². The fraction of sp³-hybridized carbons (Fsp3) is 0.227. The molecule has 2 aromatic carbocycles. The van der Waals surface area contributed by atoms with Crippen LogP contribution in [0.2, 0.25) is 0 Å². The van der Waals surface area contributed by atoms with Crippen molar-refractivity contribution in [3.05, 3.63) is 70.9 Å². The number of carbonyl (C=O) groups is 1. The lowest BCUT2D eigenvalue weighted by molar-refractivity contribution is 0.0947. The van der Waals surface area contributed by atoms with Gasteiger partial charge in [0.05, 0.1) is 11.1 Å². The quantitative estimate of drug-likeness (QED) is 0.582. The van der Waals surface area contributed by atoms with E-state index in [0.717, 1.165) is 29.5 Å². The number of benzene rings is 2. The second-order valence-electron chi connectivity index (χ2n) is 7.16. The van der Waals surface area contributed by atoms with Gasteiger partial charge in [-0.15, -0.1) is 0 Å². The first-order valence-corrected chi connectivity index (χ1v) is 11.3. The lowest BCUT2D eigenvalue weighted by Gasteiger charge is -2.12. The lowest BCUT2D eigenvalue weighted by atomic mass is 10.1. The molecule has 0 unspecified atom stereocenters. The number of hydrogen-bond donors (Lipinski definition) is 2. The van der Waals surface area contributed by atoms with E-state index in [1.54, 1.807) is 25.1 Å². The van der Waals surface area contributed by atoms with Crippen LogP contribution >= 0.6 is 0 Å². The Morgan fingerprint density at radius 1 is 1.23 bits per heavy atom. The molecule has 3 aromatic rings. The molecule has 0 bridgehead atoms. The molecule has 0 aliphatic rings. The van der Waals surface area contributed by atoms with Gasteiger partial charge in [0.15, 0.2) is 0 Å². The zero-order valence-corrected chi connectivity index (χ0v) is 18.1. The maximum absolute atomic E-state index is 13.0. The number of anilines is 2. The number of nitrogens with zero attached hydrogens (tertiary/aromatic N) is 3. The molecule has 0 aliphatic heterocycles. The van der Waals surface area contributed by atoms with E-state index in [2.05, 4.69) is 16.7 Å². The number of nitrogens with two attached hydrogens (primary N) is 1. The topological polar surface area (TPSA) is 131 Å². The number of nitriles is 1. The molecule has 3 rings (SSSR count). The van der Waals surface area contributed by atoms with Crippen molar-refractivity contribution in [3.8, 4) is 6.07 Å². The second kappa shape index (κ2) is 9.02. The van der Waals surface area contributed by atoms with Crippen molar-refractivity contribution in [3.63, 3.8) is 0 Å². The highest BCUT2D eigenvalue weighted by molar-refractivity contribution is 7.92. The minimum Gasteiger partial charge on any atom is -0.382 e. The van der Waals surface area contributed by atoms with E-state index in [-0.39, 0.29) is 21.8 Å². The molecule has 0 amide bonds. The molecular formula is C22H23N5O3S. The predicted octanol–water partition coefficient (Wildman–Crippen LogP) is 3.48. The Labute approximate surface area is 181 Å². The van der Waals surface area contributed by atoms with E-state index in [9.17, 15) is 13.2 Å². The first-order valence-electron chi connectivity index (χ1n) is 9.77.